The molecule has 20 heavy (non-hydrogen) atoms. The lowest BCUT2D eigenvalue weighted by Gasteiger charge is -2.13. The van der Waals surface area contributed by atoms with Crippen molar-refractivity contribution in [1.29, 1.82) is 0 Å². The maximum Gasteiger partial charge on any atom is 0.243 e. The number of carbonyl (C=O) groups is 1. The van der Waals surface area contributed by atoms with Crippen LogP contribution < -0.4 is 15.8 Å². The van der Waals surface area contributed by atoms with Gasteiger partial charge in [-0.3, -0.25) is 4.79 Å². The highest BCUT2D eigenvalue weighted by Gasteiger charge is 2.05. The van der Waals surface area contributed by atoms with Gasteiger partial charge < -0.3 is 25.6 Å². The summed E-state index contributed by atoms with van der Waals surface area (Å²) >= 11 is 0. The van der Waals surface area contributed by atoms with Crippen LogP contribution in [0.25, 0.3) is 0 Å². The summed E-state index contributed by atoms with van der Waals surface area (Å²) in [5, 5.41) is 12.7. The largest absolute Gasteiger partial charge is 0.491 e. The Bertz CT molecular complexity index is 412. The molecule has 6 heteroatoms. The second kappa shape index (κ2) is 9.30. The molecule has 4 N–H and O–H groups in total. The molecular formula is C14H22N2O4. The average Bonchev–Trinajstić information content (AvgIpc) is 2.40. The number of rotatable bonds is 10. The molecule has 0 aliphatic carbocycles. The summed E-state index contributed by atoms with van der Waals surface area (Å²) < 4.78 is 10.4. The lowest BCUT2D eigenvalue weighted by Crippen LogP contribution is -2.33. The predicted octanol–water partition coefficient (Wildman–Crippen LogP) is -0.174. The molecule has 0 spiro atoms. The number of carbonyl (C=O) groups excluding carboxylic acids is 1. The zero-order chi connectivity index (χ0) is 14.8. The Balaban J connectivity index is 2.06. The third-order valence-electron chi connectivity index (χ3n) is 2.48. The fourth-order valence-corrected chi connectivity index (χ4v) is 1.54. The Morgan fingerprint density at radius 2 is 2.30 bits per heavy atom. The van der Waals surface area contributed by atoms with Crippen molar-refractivity contribution in [1.82, 2.24) is 5.32 Å². The molecule has 1 atom stereocenters. The second-order valence-electron chi connectivity index (χ2n) is 4.50. The van der Waals surface area contributed by atoms with Crippen molar-refractivity contribution >= 4 is 5.91 Å². The van der Waals surface area contributed by atoms with Crippen LogP contribution in [0.3, 0.4) is 0 Å². The number of nitrogens with one attached hydrogen (secondary N) is 1. The Hall–Kier alpha value is -1.63. The Morgan fingerprint density at radius 3 is 3.00 bits per heavy atom. The van der Waals surface area contributed by atoms with Crippen molar-refractivity contribution in [3.63, 3.8) is 0 Å². The van der Waals surface area contributed by atoms with Crippen molar-refractivity contribution in [3.8, 4) is 5.75 Å². The zero-order valence-electron chi connectivity index (χ0n) is 11.7. The van der Waals surface area contributed by atoms with Gasteiger partial charge in [0.25, 0.3) is 0 Å². The van der Waals surface area contributed by atoms with Crippen LogP contribution >= 0.6 is 0 Å². The number of aryl methyl sites for hydroxylation is 1. The first-order chi connectivity index (χ1) is 9.58. The highest BCUT2D eigenvalue weighted by atomic mass is 16.5. The third-order valence-corrected chi connectivity index (χ3v) is 2.48. The Morgan fingerprint density at radius 1 is 1.50 bits per heavy atom. The molecular weight excluding hydrogens is 260 g/mol. The number of hydrogen-bond donors (Lipinski definition) is 3. The number of aliphatic hydroxyl groups excluding tert-OH is 1. The highest BCUT2D eigenvalue weighted by molar-refractivity contribution is 5.74. The van der Waals surface area contributed by atoms with Gasteiger partial charge in [-0.25, -0.2) is 0 Å². The highest BCUT2D eigenvalue weighted by Crippen LogP contribution is 2.12. The summed E-state index contributed by atoms with van der Waals surface area (Å²) in [6.45, 7) is 3.42. The quantitative estimate of drug-likeness (QED) is 0.518. The minimum atomic E-state index is -0.605. The van der Waals surface area contributed by atoms with E-state index in [0.29, 0.717) is 19.7 Å². The summed E-state index contributed by atoms with van der Waals surface area (Å²) in [7, 11) is 0. The SMILES string of the molecule is Cc1cccc(OCC(O)CNCCOCC(N)=O)c1. The molecule has 1 rings (SSSR count). The van der Waals surface area contributed by atoms with E-state index in [0.717, 1.165) is 11.3 Å². The van der Waals surface area contributed by atoms with E-state index >= 15 is 0 Å². The summed E-state index contributed by atoms with van der Waals surface area (Å²) in [6.07, 6.45) is -0.605. The number of nitrogens with two attached hydrogens (primary N) is 1. The number of benzene rings is 1. The van der Waals surface area contributed by atoms with Gasteiger partial charge in [0.05, 0.1) is 6.61 Å². The van der Waals surface area contributed by atoms with Crippen LogP contribution in [0.15, 0.2) is 24.3 Å². The molecule has 0 aliphatic rings. The van der Waals surface area contributed by atoms with E-state index in [4.69, 9.17) is 15.2 Å². The standard InChI is InChI=1S/C14H22N2O4/c1-11-3-2-4-13(7-11)20-9-12(17)8-16-5-6-19-10-14(15)18/h2-4,7,12,16-17H,5-6,8-10H2,1H3,(H2,15,18). The van der Waals surface area contributed by atoms with E-state index in [2.05, 4.69) is 5.32 Å². The minimum absolute atomic E-state index is 0.0826. The predicted molar refractivity (Wildman–Crippen MR) is 75.6 cm³/mol. The van der Waals surface area contributed by atoms with Gasteiger partial charge in [-0.15, -0.1) is 0 Å². The van der Waals surface area contributed by atoms with Gasteiger partial charge in [-0.1, -0.05) is 12.1 Å². The van der Waals surface area contributed by atoms with Gasteiger partial charge in [0.1, 0.15) is 25.1 Å². The first-order valence-electron chi connectivity index (χ1n) is 6.52. The summed E-state index contributed by atoms with van der Waals surface area (Å²) in [4.78, 5) is 10.4. The molecule has 112 valence electrons. The van der Waals surface area contributed by atoms with Gasteiger partial charge in [0.15, 0.2) is 0 Å². The summed E-state index contributed by atoms with van der Waals surface area (Å²) in [6, 6.07) is 7.66. The van der Waals surface area contributed by atoms with Crippen molar-refractivity contribution in [2.75, 3.05) is 32.9 Å². The first-order valence-corrected chi connectivity index (χ1v) is 6.52. The second-order valence-corrected chi connectivity index (χ2v) is 4.50. The van der Waals surface area contributed by atoms with Crippen LogP contribution in [-0.4, -0.2) is 50.0 Å². The molecule has 0 aromatic heterocycles. The first kappa shape index (κ1) is 16.4. The molecule has 0 saturated carbocycles. The number of amides is 1. The molecule has 0 fully saturated rings. The van der Waals surface area contributed by atoms with E-state index < -0.39 is 12.0 Å². The van der Waals surface area contributed by atoms with Gasteiger partial charge in [-0.2, -0.15) is 0 Å². The zero-order valence-corrected chi connectivity index (χ0v) is 11.7. The van der Waals surface area contributed by atoms with Crippen LogP contribution in [0.5, 0.6) is 5.75 Å². The molecule has 0 saturated heterocycles. The molecule has 0 aliphatic heterocycles. The maximum absolute atomic E-state index is 10.4. The Labute approximate surface area is 118 Å². The van der Waals surface area contributed by atoms with Gasteiger partial charge in [0, 0.05) is 13.1 Å². The molecule has 1 aromatic carbocycles. The van der Waals surface area contributed by atoms with E-state index in [9.17, 15) is 9.90 Å². The summed E-state index contributed by atoms with van der Waals surface area (Å²) in [5.41, 5.74) is 6.03. The van der Waals surface area contributed by atoms with Crippen molar-refractivity contribution < 1.29 is 19.4 Å². The van der Waals surface area contributed by atoms with Crippen molar-refractivity contribution in [2.24, 2.45) is 5.73 Å². The lowest BCUT2D eigenvalue weighted by molar-refractivity contribution is -0.122. The van der Waals surface area contributed by atoms with Crippen molar-refractivity contribution in [3.05, 3.63) is 29.8 Å². The molecule has 6 nitrogen and oxygen atoms in total. The van der Waals surface area contributed by atoms with Crippen molar-refractivity contribution in [2.45, 2.75) is 13.0 Å². The topological polar surface area (TPSA) is 93.8 Å². The van der Waals surface area contributed by atoms with Crippen LogP contribution in [-0.2, 0) is 9.53 Å². The molecule has 1 aromatic rings. The number of ether oxygens (including phenoxy) is 2. The van der Waals surface area contributed by atoms with Gasteiger partial charge in [0.2, 0.25) is 5.91 Å². The smallest absolute Gasteiger partial charge is 0.243 e. The van der Waals surface area contributed by atoms with Gasteiger partial charge >= 0.3 is 0 Å². The Kier molecular flexibility index (Phi) is 7.64. The van der Waals surface area contributed by atoms with E-state index in [1.54, 1.807) is 0 Å². The lowest BCUT2D eigenvalue weighted by atomic mass is 10.2. The fourth-order valence-electron chi connectivity index (χ4n) is 1.54. The number of aliphatic hydroxyl groups is 1. The number of hydrogen-bond acceptors (Lipinski definition) is 5. The van der Waals surface area contributed by atoms with Crippen LogP contribution in [0.2, 0.25) is 0 Å². The summed E-state index contributed by atoms with van der Waals surface area (Å²) in [5.74, 6) is 0.255. The maximum atomic E-state index is 10.4. The van der Waals surface area contributed by atoms with Crippen LogP contribution in [0.1, 0.15) is 5.56 Å². The van der Waals surface area contributed by atoms with Gasteiger partial charge in [-0.05, 0) is 24.6 Å². The molecule has 1 amide bonds. The average molecular weight is 282 g/mol. The number of primary amides is 1. The van der Waals surface area contributed by atoms with Crippen LogP contribution in [0, 0.1) is 6.92 Å². The fraction of sp³-hybridized carbons (Fsp3) is 0.500. The van der Waals surface area contributed by atoms with E-state index in [1.807, 2.05) is 31.2 Å². The molecule has 1 unspecified atom stereocenters. The molecule has 0 radical (unpaired) electrons. The molecule has 0 bridgehead atoms. The van der Waals surface area contributed by atoms with E-state index in [1.165, 1.54) is 0 Å². The molecule has 0 heterocycles. The third kappa shape index (κ3) is 7.73. The monoisotopic (exact) mass is 282 g/mol. The van der Waals surface area contributed by atoms with E-state index in [-0.39, 0.29) is 13.2 Å². The minimum Gasteiger partial charge on any atom is -0.491 e. The van der Waals surface area contributed by atoms with Crippen LogP contribution in [0.4, 0.5) is 0 Å². The normalized spacial score (nSPS) is 12.1.